The summed E-state index contributed by atoms with van der Waals surface area (Å²) in [6.45, 7) is 8.04. The molecule has 0 saturated heterocycles. The zero-order chi connectivity index (χ0) is 9.19. The normalized spacial score (nSPS) is 36.0. The highest BCUT2D eigenvalue weighted by atomic mass is 14.6. The van der Waals surface area contributed by atoms with Gasteiger partial charge in [-0.25, -0.2) is 0 Å². The minimum Gasteiger partial charge on any atom is -0.330 e. The van der Waals surface area contributed by atoms with Gasteiger partial charge in [-0.3, -0.25) is 0 Å². The van der Waals surface area contributed by atoms with Crippen molar-refractivity contribution >= 4 is 0 Å². The van der Waals surface area contributed by atoms with Gasteiger partial charge in [0.2, 0.25) is 0 Å². The fourth-order valence-corrected chi connectivity index (χ4v) is 2.62. The molecule has 1 heteroatoms. The Kier molecular flexibility index (Phi) is 3.16. The average molecular weight is 169 g/mol. The van der Waals surface area contributed by atoms with E-state index in [1.807, 2.05) is 0 Å². The Hall–Kier alpha value is -0.0400. The van der Waals surface area contributed by atoms with Crippen LogP contribution in [0, 0.1) is 17.3 Å². The highest BCUT2D eigenvalue weighted by Crippen LogP contribution is 2.38. The molecule has 1 aliphatic carbocycles. The molecule has 12 heavy (non-hydrogen) atoms. The van der Waals surface area contributed by atoms with Crippen LogP contribution in [0.15, 0.2) is 0 Å². The molecular weight excluding hydrogens is 146 g/mol. The van der Waals surface area contributed by atoms with Gasteiger partial charge in [-0.05, 0) is 49.5 Å². The molecule has 0 bridgehead atoms. The first-order chi connectivity index (χ1) is 5.53. The van der Waals surface area contributed by atoms with E-state index in [0.717, 1.165) is 18.4 Å². The van der Waals surface area contributed by atoms with E-state index in [-0.39, 0.29) is 0 Å². The molecule has 1 saturated carbocycles. The molecule has 0 aromatic heterocycles. The van der Waals surface area contributed by atoms with E-state index in [1.54, 1.807) is 0 Å². The fraction of sp³-hybridized carbons (Fsp3) is 1.00. The summed E-state index contributed by atoms with van der Waals surface area (Å²) in [5, 5.41) is 0. The largest absolute Gasteiger partial charge is 0.330 e. The monoisotopic (exact) mass is 169 g/mol. The van der Waals surface area contributed by atoms with Crippen molar-refractivity contribution in [3.63, 3.8) is 0 Å². The number of hydrogen-bond donors (Lipinski definition) is 1. The van der Waals surface area contributed by atoms with Gasteiger partial charge >= 0.3 is 0 Å². The summed E-state index contributed by atoms with van der Waals surface area (Å²) in [5.74, 6) is 1.66. The molecule has 0 spiro atoms. The summed E-state index contributed by atoms with van der Waals surface area (Å²) >= 11 is 0. The highest BCUT2D eigenvalue weighted by Gasteiger charge is 2.27. The summed E-state index contributed by atoms with van der Waals surface area (Å²) in [6.07, 6.45) is 5.43. The van der Waals surface area contributed by atoms with Crippen molar-refractivity contribution in [1.82, 2.24) is 0 Å². The van der Waals surface area contributed by atoms with Gasteiger partial charge in [-0.2, -0.15) is 0 Å². The second kappa shape index (κ2) is 3.78. The maximum Gasteiger partial charge on any atom is -0.00488 e. The van der Waals surface area contributed by atoms with E-state index in [9.17, 15) is 0 Å². The molecule has 72 valence electrons. The summed E-state index contributed by atoms with van der Waals surface area (Å²) in [7, 11) is 0. The van der Waals surface area contributed by atoms with Crippen LogP contribution in [0.5, 0.6) is 0 Å². The van der Waals surface area contributed by atoms with Gasteiger partial charge in [0.15, 0.2) is 0 Å². The smallest absolute Gasteiger partial charge is 0.00488 e. The zero-order valence-electron chi connectivity index (χ0n) is 8.77. The molecule has 1 nitrogen and oxygen atoms in total. The van der Waals surface area contributed by atoms with Crippen LogP contribution < -0.4 is 5.73 Å². The second-order valence-electron chi connectivity index (χ2n) is 5.35. The molecule has 2 atom stereocenters. The molecule has 0 heterocycles. The third-order valence-electron chi connectivity index (χ3n) is 3.20. The first-order valence-corrected chi connectivity index (χ1v) is 5.23. The van der Waals surface area contributed by atoms with Crippen LogP contribution in [0.3, 0.4) is 0 Å². The van der Waals surface area contributed by atoms with Crippen LogP contribution in [0.2, 0.25) is 0 Å². The lowest BCUT2D eigenvalue weighted by Gasteiger charge is -2.24. The van der Waals surface area contributed by atoms with E-state index >= 15 is 0 Å². The second-order valence-corrected chi connectivity index (χ2v) is 5.35. The van der Waals surface area contributed by atoms with Gasteiger partial charge in [0.25, 0.3) is 0 Å². The fourth-order valence-electron chi connectivity index (χ4n) is 2.62. The minimum absolute atomic E-state index is 0.559. The van der Waals surface area contributed by atoms with E-state index in [2.05, 4.69) is 20.8 Å². The molecule has 0 aromatic rings. The van der Waals surface area contributed by atoms with Crippen LogP contribution in [0.4, 0.5) is 0 Å². The van der Waals surface area contributed by atoms with Crippen LogP contribution in [0.25, 0.3) is 0 Å². The van der Waals surface area contributed by atoms with Crippen LogP contribution in [0.1, 0.15) is 46.5 Å². The SMILES string of the molecule is CC1CC(CN)CCC(C)(C)C1. The quantitative estimate of drug-likeness (QED) is 0.600. The number of nitrogens with two attached hydrogens (primary N) is 1. The van der Waals surface area contributed by atoms with E-state index in [1.165, 1.54) is 25.7 Å². The van der Waals surface area contributed by atoms with Crippen LogP contribution in [-0.2, 0) is 0 Å². The lowest BCUT2D eigenvalue weighted by atomic mass is 9.82. The lowest BCUT2D eigenvalue weighted by molar-refractivity contribution is 0.277. The summed E-state index contributed by atoms with van der Waals surface area (Å²) < 4.78 is 0. The van der Waals surface area contributed by atoms with Gasteiger partial charge in [0.1, 0.15) is 0 Å². The van der Waals surface area contributed by atoms with Crippen molar-refractivity contribution in [1.29, 1.82) is 0 Å². The van der Waals surface area contributed by atoms with Crippen molar-refractivity contribution in [2.45, 2.75) is 46.5 Å². The zero-order valence-corrected chi connectivity index (χ0v) is 8.77. The highest BCUT2D eigenvalue weighted by molar-refractivity contribution is 4.79. The summed E-state index contributed by atoms with van der Waals surface area (Å²) in [5.41, 5.74) is 6.28. The molecule has 0 aromatic carbocycles. The minimum atomic E-state index is 0.559. The molecular formula is C11H23N. The Morgan fingerprint density at radius 2 is 2.08 bits per heavy atom. The lowest BCUT2D eigenvalue weighted by Crippen LogP contribution is -2.15. The van der Waals surface area contributed by atoms with Gasteiger partial charge in [0.05, 0.1) is 0 Å². The van der Waals surface area contributed by atoms with Gasteiger partial charge < -0.3 is 5.73 Å². The number of hydrogen-bond acceptors (Lipinski definition) is 1. The first-order valence-electron chi connectivity index (χ1n) is 5.23. The number of rotatable bonds is 1. The molecule has 1 fully saturated rings. The van der Waals surface area contributed by atoms with Crippen molar-refractivity contribution in [2.24, 2.45) is 23.0 Å². The predicted molar refractivity (Wildman–Crippen MR) is 54.0 cm³/mol. The third kappa shape index (κ3) is 2.78. The topological polar surface area (TPSA) is 26.0 Å². The summed E-state index contributed by atoms with van der Waals surface area (Å²) in [6, 6.07) is 0. The van der Waals surface area contributed by atoms with E-state index in [0.29, 0.717) is 5.41 Å². The predicted octanol–water partition coefficient (Wildman–Crippen LogP) is 2.80. The Labute approximate surface area is 76.7 Å². The van der Waals surface area contributed by atoms with Gasteiger partial charge in [0, 0.05) is 0 Å². The van der Waals surface area contributed by atoms with Gasteiger partial charge in [-0.1, -0.05) is 20.8 Å². The standard InChI is InChI=1S/C11H23N/c1-9-6-10(8-12)4-5-11(2,3)7-9/h9-10H,4-8,12H2,1-3H3. The van der Waals surface area contributed by atoms with Crippen molar-refractivity contribution in [2.75, 3.05) is 6.54 Å². The Bertz CT molecular complexity index is 140. The Balaban J connectivity index is 2.53. The van der Waals surface area contributed by atoms with Crippen LogP contribution in [-0.4, -0.2) is 6.54 Å². The van der Waals surface area contributed by atoms with Crippen LogP contribution >= 0.6 is 0 Å². The Morgan fingerprint density at radius 3 is 2.67 bits per heavy atom. The molecule has 0 amide bonds. The molecule has 2 N–H and O–H groups in total. The maximum absolute atomic E-state index is 5.72. The molecule has 0 radical (unpaired) electrons. The Morgan fingerprint density at radius 1 is 1.42 bits per heavy atom. The van der Waals surface area contributed by atoms with E-state index < -0.39 is 0 Å². The average Bonchev–Trinajstić information content (AvgIpc) is 2.07. The molecule has 1 aliphatic rings. The first kappa shape index (κ1) is 10.0. The molecule has 1 rings (SSSR count). The van der Waals surface area contributed by atoms with Crippen molar-refractivity contribution < 1.29 is 0 Å². The van der Waals surface area contributed by atoms with Crippen molar-refractivity contribution in [3.8, 4) is 0 Å². The molecule has 2 unspecified atom stereocenters. The summed E-state index contributed by atoms with van der Waals surface area (Å²) in [4.78, 5) is 0. The molecule has 0 aliphatic heterocycles. The maximum atomic E-state index is 5.72. The van der Waals surface area contributed by atoms with Gasteiger partial charge in [-0.15, -0.1) is 0 Å². The van der Waals surface area contributed by atoms with E-state index in [4.69, 9.17) is 5.73 Å². The van der Waals surface area contributed by atoms with Crippen molar-refractivity contribution in [3.05, 3.63) is 0 Å². The third-order valence-corrected chi connectivity index (χ3v) is 3.20.